The lowest BCUT2D eigenvalue weighted by molar-refractivity contribution is -0.143. The summed E-state index contributed by atoms with van der Waals surface area (Å²) in [5.41, 5.74) is 2.41. The maximum Gasteiger partial charge on any atom is 0.246 e. The van der Waals surface area contributed by atoms with Crippen LogP contribution < -0.4 is 16.0 Å². The third-order valence-corrected chi connectivity index (χ3v) is 9.62. The van der Waals surface area contributed by atoms with Crippen LogP contribution in [0.5, 0.6) is 0 Å². The van der Waals surface area contributed by atoms with E-state index in [2.05, 4.69) is 20.9 Å². The molecule has 0 radical (unpaired) electrons. The van der Waals surface area contributed by atoms with Crippen LogP contribution in [0.4, 0.5) is 0 Å². The Kier molecular flexibility index (Phi) is 9.58. The van der Waals surface area contributed by atoms with Gasteiger partial charge in [0.25, 0.3) is 0 Å². The first kappa shape index (κ1) is 32.2. The molecular weight excluding hydrogens is 600 g/mol. The first-order chi connectivity index (χ1) is 22.7. The van der Waals surface area contributed by atoms with Gasteiger partial charge in [-0.15, -0.1) is 0 Å². The SMILES string of the molecule is C[C@@H]1NC(=O)[C@@H]2C[C@@H](O)CN2C(=O)[C@@H](Cc2c[nH]c3ccccc23)NC(=O)CN(C(=O)C2CCCC2)C[C@@H](c2ccccc2)NC1=O. The van der Waals surface area contributed by atoms with Gasteiger partial charge in [0.2, 0.25) is 29.5 Å². The molecule has 47 heavy (non-hydrogen) atoms. The van der Waals surface area contributed by atoms with Crippen LogP contribution in [0.25, 0.3) is 10.9 Å². The summed E-state index contributed by atoms with van der Waals surface area (Å²) in [6.07, 6.45) is 4.26. The van der Waals surface area contributed by atoms with Gasteiger partial charge in [0.15, 0.2) is 0 Å². The Balaban J connectivity index is 1.37. The molecule has 3 heterocycles. The highest BCUT2D eigenvalue weighted by molar-refractivity contribution is 5.96. The number of aromatic nitrogens is 1. The van der Waals surface area contributed by atoms with Gasteiger partial charge in [0.1, 0.15) is 18.1 Å². The first-order valence-electron chi connectivity index (χ1n) is 16.4. The molecule has 0 spiro atoms. The van der Waals surface area contributed by atoms with E-state index >= 15 is 0 Å². The van der Waals surface area contributed by atoms with E-state index in [1.54, 1.807) is 13.1 Å². The van der Waals surface area contributed by atoms with Crippen LogP contribution in [0.2, 0.25) is 0 Å². The maximum absolute atomic E-state index is 14.2. The molecule has 5 atom stereocenters. The summed E-state index contributed by atoms with van der Waals surface area (Å²) in [4.78, 5) is 75.0. The van der Waals surface area contributed by atoms with Crippen molar-refractivity contribution in [2.24, 2.45) is 5.92 Å². The molecule has 2 saturated heterocycles. The van der Waals surface area contributed by atoms with Crippen LogP contribution in [0, 0.1) is 5.92 Å². The molecule has 1 saturated carbocycles. The topological polar surface area (TPSA) is 164 Å². The average Bonchev–Trinajstić information content (AvgIpc) is 3.84. The summed E-state index contributed by atoms with van der Waals surface area (Å²) in [6, 6.07) is 13.1. The van der Waals surface area contributed by atoms with E-state index in [1.807, 2.05) is 54.6 Å². The van der Waals surface area contributed by atoms with Gasteiger partial charge in [-0.2, -0.15) is 0 Å². The summed E-state index contributed by atoms with van der Waals surface area (Å²) in [5, 5.41) is 20.1. The van der Waals surface area contributed by atoms with Gasteiger partial charge in [0.05, 0.1) is 18.7 Å². The molecule has 248 valence electrons. The highest BCUT2D eigenvalue weighted by Gasteiger charge is 2.43. The van der Waals surface area contributed by atoms with E-state index in [4.69, 9.17) is 0 Å². The lowest BCUT2D eigenvalue weighted by Gasteiger charge is -2.31. The number of H-pyrrole nitrogens is 1. The molecule has 1 aromatic heterocycles. The van der Waals surface area contributed by atoms with Crippen molar-refractivity contribution in [2.45, 2.75) is 75.7 Å². The number of nitrogens with one attached hydrogen (secondary N) is 4. The number of hydrogen-bond donors (Lipinski definition) is 5. The van der Waals surface area contributed by atoms with Gasteiger partial charge in [-0.1, -0.05) is 61.4 Å². The van der Waals surface area contributed by atoms with E-state index in [0.29, 0.717) is 0 Å². The van der Waals surface area contributed by atoms with Gasteiger partial charge in [0, 0.05) is 48.9 Å². The van der Waals surface area contributed by atoms with E-state index in [9.17, 15) is 29.1 Å². The van der Waals surface area contributed by atoms with E-state index in [-0.39, 0.29) is 44.3 Å². The van der Waals surface area contributed by atoms with E-state index in [0.717, 1.165) is 47.7 Å². The number of para-hydroxylation sites is 1. The monoisotopic (exact) mass is 642 g/mol. The highest BCUT2D eigenvalue weighted by Crippen LogP contribution is 2.28. The van der Waals surface area contributed by atoms with Crippen molar-refractivity contribution in [1.29, 1.82) is 0 Å². The highest BCUT2D eigenvalue weighted by atomic mass is 16.3. The fraction of sp³-hybridized carbons (Fsp3) is 0.457. The third kappa shape index (κ3) is 7.17. The Labute approximate surface area is 273 Å². The number of aromatic amines is 1. The van der Waals surface area contributed by atoms with Gasteiger partial charge in [-0.05, 0) is 37.0 Å². The average molecular weight is 643 g/mol. The van der Waals surface area contributed by atoms with E-state index < -0.39 is 53.9 Å². The first-order valence-corrected chi connectivity index (χ1v) is 16.4. The molecule has 0 bridgehead atoms. The molecule has 2 aromatic carbocycles. The maximum atomic E-state index is 14.2. The molecule has 3 aliphatic rings. The minimum Gasteiger partial charge on any atom is -0.391 e. The second-order valence-electron chi connectivity index (χ2n) is 13.0. The number of fused-ring (bicyclic) bond motifs is 2. The van der Waals surface area contributed by atoms with Crippen molar-refractivity contribution in [2.75, 3.05) is 19.6 Å². The quantitative estimate of drug-likeness (QED) is 0.290. The minimum absolute atomic E-state index is 0.00400. The number of carbonyl (C=O) groups is 5. The Morgan fingerprint density at radius 2 is 1.62 bits per heavy atom. The van der Waals surface area contributed by atoms with E-state index in [1.165, 1.54) is 9.80 Å². The van der Waals surface area contributed by atoms with Crippen molar-refractivity contribution in [3.63, 3.8) is 0 Å². The third-order valence-electron chi connectivity index (χ3n) is 9.62. The molecule has 6 rings (SSSR count). The Morgan fingerprint density at radius 3 is 2.38 bits per heavy atom. The van der Waals surface area contributed by atoms with Gasteiger partial charge in [-0.25, -0.2) is 0 Å². The largest absolute Gasteiger partial charge is 0.391 e. The van der Waals surface area contributed by atoms with Crippen LogP contribution in [0.15, 0.2) is 60.8 Å². The number of aliphatic hydroxyl groups is 1. The number of rotatable bonds is 4. The molecule has 2 aliphatic heterocycles. The predicted octanol–water partition coefficient (Wildman–Crippen LogP) is 1.55. The molecule has 5 N–H and O–H groups in total. The summed E-state index contributed by atoms with van der Waals surface area (Å²) in [7, 11) is 0. The lowest BCUT2D eigenvalue weighted by atomic mass is 10.0. The van der Waals surface area contributed by atoms with Gasteiger partial charge >= 0.3 is 0 Å². The Bertz CT molecular complexity index is 1640. The summed E-state index contributed by atoms with van der Waals surface area (Å²) in [6.45, 7) is 1.17. The second-order valence-corrected chi connectivity index (χ2v) is 13.0. The molecule has 1 aliphatic carbocycles. The van der Waals surface area contributed by atoms with Crippen molar-refractivity contribution in [1.82, 2.24) is 30.7 Å². The summed E-state index contributed by atoms with van der Waals surface area (Å²) < 4.78 is 0. The summed E-state index contributed by atoms with van der Waals surface area (Å²) >= 11 is 0. The number of hydrogen-bond acceptors (Lipinski definition) is 6. The number of benzene rings is 2. The number of aliphatic hydroxyl groups excluding tert-OH is 1. The van der Waals surface area contributed by atoms with Crippen LogP contribution >= 0.6 is 0 Å². The summed E-state index contributed by atoms with van der Waals surface area (Å²) in [5.74, 6) is -2.50. The molecule has 12 heteroatoms. The normalized spacial score (nSPS) is 26.7. The lowest BCUT2D eigenvalue weighted by Crippen LogP contribution is -2.56. The predicted molar refractivity (Wildman–Crippen MR) is 174 cm³/mol. The standard InChI is InChI=1S/C35H42N6O6/c1-21-32(44)39-29(22-9-3-2-4-10-22)19-40(34(46)23-11-5-6-12-23)20-31(43)38-28(15-24-17-36-27-14-8-7-13-26(24)27)35(47)41-18-25(42)16-30(41)33(45)37-21/h2-4,7-10,13-14,17,21,23,25,28-30,36,42H,5-6,11-12,15-16,18-20H2,1H3,(H,37,45)(H,38,43)(H,39,44)/t21-,25+,28+,29-,30-/m0/s1. The van der Waals surface area contributed by atoms with Crippen molar-refractivity contribution >= 4 is 40.4 Å². The second kappa shape index (κ2) is 14.0. The van der Waals surface area contributed by atoms with Crippen LogP contribution in [0.1, 0.15) is 56.2 Å². The van der Waals surface area contributed by atoms with Crippen LogP contribution in [0.3, 0.4) is 0 Å². The molecule has 12 nitrogen and oxygen atoms in total. The fourth-order valence-corrected chi connectivity index (χ4v) is 7.12. The van der Waals surface area contributed by atoms with Gasteiger partial charge < -0.3 is 35.8 Å². The van der Waals surface area contributed by atoms with Crippen molar-refractivity contribution in [3.05, 3.63) is 71.9 Å². The zero-order chi connectivity index (χ0) is 33.1. The number of nitrogens with zero attached hydrogens (tertiary/aromatic N) is 2. The Morgan fingerprint density at radius 1 is 0.894 bits per heavy atom. The van der Waals surface area contributed by atoms with Crippen LogP contribution in [-0.4, -0.2) is 93.3 Å². The smallest absolute Gasteiger partial charge is 0.246 e. The number of amides is 5. The van der Waals surface area contributed by atoms with Crippen molar-refractivity contribution in [3.8, 4) is 0 Å². The van der Waals surface area contributed by atoms with Crippen LogP contribution in [-0.2, 0) is 30.4 Å². The molecule has 3 aromatic rings. The molecule has 5 amide bonds. The molecule has 3 fully saturated rings. The minimum atomic E-state index is -1.09. The van der Waals surface area contributed by atoms with Crippen molar-refractivity contribution < 1.29 is 29.1 Å². The number of carbonyl (C=O) groups excluding carboxylic acids is 5. The fourth-order valence-electron chi connectivity index (χ4n) is 7.12. The van der Waals surface area contributed by atoms with Gasteiger partial charge in [-0.3, -0.25) is 24.0 Å². The molecule has 0 unspecified atom stereocenters. The zero-order valence-electron chi connectivity index (χ0n) is 26.5. The Hall–Kier alpha value is -4.71. The zero-order valence-corrected chi connectivity index (χ0v) is 26.5. The molecular formula is C35H42N6O6.